The number of hydrogen-bond acceptors (Lipinski definition) is 6. The molecular formula is C25H23N4O3Rb. The Bertz CT molecular complexity index is 1220. The number of nitrogens with zero attached hydrogens (tertiary/aromatic N) is 2. The van der Waals surface area contributed by atoms with Gasteiger partial charge in [-0.1, -0.05) is 18.2 Å². The minimum absolute atomic E-state index is 0. The number of hydrogen-bond donors (Lipinski definition) is 2. The Hall–Kier alpha value is -2.32. The van der Waals surface area contributed by atoms with Crippen LogP contribution in [-0.4, -0.2) is 29.6 Å². The fourth-order valence-electron chi connectivity index (χ4n) is 3.18. The second-order valence-electron chi connectivity index (χ2n) is 6.97. The number of ether oxygens (including phenoxy) is 2. The number of aromatic nitrogens is 2. The summed E-state index contributed by atoms with van der Waals surface area (Å²) < 4.78 is 11.2. The van der Waals surface area contributed by atoms with Crippen molar-refractivity contribution in [3.8, 4) is 11.5 Å². The normalized spacial score (nSPS) is 10.2. The Morgan fingerprint density at radius 3 is 2.39 bits per heavy atom. The van der Waals surface area contributed by atoms with Gasteiger partial charge >= 0.3 is 58.2 Å². The van der Waals surface area contributed by atoms with E-state index in [2.05, 4.69) is 27.5 Å². The molecular weight excluding hydrogens is 490 g/mol. The summed E-state index contributed by atoms with van der Waals surface area (Å²) in [6.45, 7) is 4.28. The first-order chi connectivity index (χ1) is 15.7. The van der Waals surface area contributed by atoms with Crippen LogP contribution in [0.2, 0.25) is 0 Å². The SMILES string of the molecule is [CH2-]CCOc1cc2ncnc(Nc3ccc(NC(=O)c4ccccc4)cc3)c2cc1OC.[Rb+]. The quantitative estimate of drug-likeness (QED) is 0.352. The van der Waals surface area contributed by atoms with Gasteiger partial charge in [0.25, 0.3) is 5.91 Å². The van der Waals surface area contributed by atoms with Crippen LogP contribution in [0.25, 0.3) is 10.9 Å². The van der Waals surface area contributed by atoms with Gasteiger partial charge in [-0.05, 0) is 42.5 Å². The van der Waals surface area contributed by atoms with E-state index in [9.17, 15) is 4.79 Å². The number of methoxy groups -OCH3 is 1. The van der Waals surface area contributed by atoms with E-state index in [0.717, 1.165) is 16.6 Å². The predicted octanol–water partition coefficient (Wildman–Crippen LogP) is 2.24. The molecule has 4 rings (SSSR count). The number of rotatable bonds is 8. The average molecular weight is 513 g/mol. The Labute approximate surface area is 241 Å². The van der Waals surface area contributed by atoms with Crippen LogP contribution in [0.1, 0.15) is 16.8 Å². The molecule has 0 spiro atoms. The first-order valence-electron chi connectivity index (χ1n) is 10.2. The molecule has 0 saturated heterocycles. The van der Waals surface area contributed by atoms with Crippen molar-refractivity contribution >= 4 is 34.0 Å². The van der Waals surface area contributed by atoms with E-state index in [0.29, 0.717) is 41.6 Å². The predicted molar refractivity (Wildman–Crippen MR) is 126 cm³/mol. The van der Waals surface area contributed by atoms with Gasteiger partial charge in [0, 0.05) is 28.4 Å². The maximum atomic E-state index is 12.3. The van der Waals surface area contributed by atoms with E-state index in [-0.39, 0.29) is 64.1 Å². The molecule has 0 fully saturated rings. The third-order valence-corrected chi connectivity index (χ3v) is 4.76. The van der Waals surface area contributed by atoms with Crippen LogP contribution in [0, 0.1) is 6.92 Å². The van der Waals surface area contributed by atoms with Gasteiger partial charge in [0.05, 0.1) is 19.2 Å². The van der Waals surface area contributed by atoms with E-state index >= 15 is 0 Å². The van der Waals surface area contributed by atoms with Crippen molar-refractivity contribution in [3.05, 3.63) is 85.5 Å². The minimum Gasteiger partial charge on any atom is -0.493 e. The fraction of sp³-hybridized carbons (Fsp3) is 0.120. The Morgan fingerprint density at radius 1 is 0.970 bits per heavy atom. The number of carbonyl (C=O) groups is 1. The largest absolute Gasteiger partial charge is 1.00 e. The summed E-state index contributed by atoms with van der Waals surface area (Å²) in [5, 5.41) is 6.99. The van der Waals surface area contributed by atoms with Crippen molar-refractivity contribution in [2.45, 2.75) is 6.42 Å². The molecule has 0 unspecified atom stereocenters. The van der Waals surface area contributed by atoms with Crippen LogP contribution in [-0.2, 0) is 0 Å². The van der Waals surface area contributed by atoms with Gasteiger partial charge in [0.2, 0.25) is 0 Å². The molecule has 4 aromatic rings. The summed E-state index contributed by atoms with van der Waals surface area (Å²) >= 11 is 0. The van der Waals surface area contributed by atoms with E-state index in [1.807, 2.05) is 54.6 Å². The number of benzene rings is 3. The van der Waals surface area contributed by atoms with Gasteiger partial charge in [-0.2, -0.15) is 0 Å². The molecule has 1 amide bonds. The second kappa shape index (κ2) is 12.2. The zero-order valence-electron chi connectivity index (χ0n) is 18.7. The van der Waals surface area contributed by atoms with Crippen LogP contribution < -0.4 is 78.3 Å². The summed E-state index contributed by atoms with van der Waals surface area (Å²) in [7, 11) is 1.59. The van der Waals surface area contributed by atoms with Crippen molar-refractivity contribution in [1.82, 2.24) is 9.97 Å². The fourth-order valence-corrected chi connectivity index (χ4v) is 3.18. The van der Waals surface area contributed by atoms with Crippen LogP contribution in [0.4, 0.5) is 17.2 Å². The number of amides is 1. The van der Waals surface area contributed by atoms with E-state index in [1.165, 1.54) is 6.33 Å². The average Bonchev–Trinajstić information content (AvgIpc) is 2.84. The first kappa shape index (κ1) is 25.3. The Balaban J connectivity index is 0.00000306. The smallest absolute Gasteiger partial charge is 0.493 e. The molecule has 7 nitrogen and oxygen atoms in total. The zero-order chi connectivity index (χ0) is 22.3. The molecule has 162 valence electrons. The molecule has 0 aliphatic carbocycles. The molecule has 0 saturated carbocycles. The van der Waals surface area contributed by atoms with E-state index in [4.69, 9.17) is 9.47 Å². The molecule has 0 aliphatic rings. The summed E-state index contributed by atoms with van der Waals surface area (Å²) in [6.07, 6.45) is 2.15. The van der Waals surface area contributed by atoms with Crippen molar-refractivity contribution in [2.24, 2.45) is 0 Å². The van der Waals surface area contributed by atoms with Crippen LogP contribution in [0.3, 0.4) is 0 Å². The number of fused-ring (bicyclic) bond motifs is 1. The van der Waals surface area contributed by atoms with E-state index in [1.54, 1.807) is 19.2 Å². The first-order valence-corrected chi connectivity index (χ1v) is 10.2. The minimum atomic E-state index is -0.155. The number of anilines is 3. The monoisotopic (exact) mass is 512 g/mol. The second-order valence-corrected chi connectivity index (χ2v) is 6.97. The molecule has 1 heterocycles. The molecule has 0 atom stereocenters. The maximum Gasteiger partial charge on any atom is 1.00 e. The molecule has 0 bridgehead atoms. The van der Waals surface area contributed by atoms with Gasteiger partial charge in [0.15, 0.2) is 11.5 Å². The zero-order valence-corrected chi connectivity index (χ0v) is 23.6. The molecule has 0 radical (unpaired) electrons. The summed E-state index contributed by atoms with van der Waals surface area (Å²) in [6, 6.07) is 20.2. The molecule has 1 aromatic heterocycles. The van der Waals surface area contributed by atoms with Crippen molar-refractivity contribution in [3.63, 3.8) is 0 Å². The molecule has 33 heavy (non-hydrogen) atoms. The van der Waals surface area contributed by atoms with Gasteiger partial charge in [-0.25, -0.2) is 9.97 Å². The Morgan fingerprint density at radius 2 is 1.70 bits per heavy atom. The van der Waals surface area contributed by atoms with Gasteiger partial charge < -0.3 is 27.0 Å². The number of carbonyl (C=O) groups excluding carboxylic acids is 1. The third-order valence-electron chi connectivity index (χ3n) is 4.76. The van der Waals surface area contributed by atoms with Crippen LogP contribution in [0.5, 0.6) is 11.5 Å². The molecule has 3 aromatic carbocycles. The Kier molecular flexibility index (Phi) is 9.37. The summed E-state index contributed by atoms with van der Waals surface area (Å²) in [4.78, 5) is 21.1. The van der Waals surface area contributed by atoms with Crippen molar-refractivity contribution in [2.75, 3.05) is 24.4 Å². The molecule has 0 aliphatic heterocycles. The van der Waals surface area contributed by atoms with Gasteiger partial charge in [0.1, 0.15) is 12.1 Å². The van der Waals surface area contributed by atoms with Crippen LogP contribution >= 0.6 is 0 Å². The number of nitrogens with one attached hydrogen (secondary N) is 2. The van der Waals surface area contributed by atoms with Crippen LogP contribution in [0.15, 0.2) is 73.1 Å². The van der Waals surface area contributed by atoms with Gasteiger partial charge in [-0.3, -0.25) is 4.79 Å². The molecule has 2 N–H and O–H groups in total. The van der Waals surface area contributed by atoms with Gasteiger partial charge in [-0.15, -0.1) is 6.42 Å². The standard InChI is InChI=1S/C25H23N4O3.Rb/c1-3-13-32-23-15-21-20(14-22(23)31-2)24(27-16-26-21)28-18-9-11-19(12-10-18)29-25(30)17-7-5-4-6-8-17;/h4-12,14-16H,1,3,13H2,2H3,(H,29,30)(H,26,27,28);/q-1;+1. The summed E-state index contributed by atoms with van der Waals surface area (Å²) in [5.74, 6) is 1.70. The molecule has 8 heteroatoms. The summed E-state index contributed by atoms with van der Waals surface area (Å²) in [5.41, 5.74) is 2.86. The maximum absolute atomic E-state index is 12.3. The third kappa shape index (κ3) is 6.38. The topological polar surface area (TPSA) is 85.4 Å². The van der Waals surface area contributed by atoms with E-state index < -0.39 is 0 Å². The van der Waals surface area contributed by atoms with Crippen molar-refractivity contribution < 1.29 is 72.5 Å². The van der Waals surface area contributed by atoms with Crippen molar-refractivity contribution in [1.29, 1.82) is 0 Å².